The second kappa shape index (κ2) is 7.79. The average Bonchev–Trinajstić information content (AvgIpc) is 2.53. The van der Waals surface area contributed by atoms with Crippen LogP contribution in [0.5, 0.6) is 0 Å². The zero-order valence-electron chi connectivity index (χ0n) is 13.9. The third-order valence-corrected chi connectivity index (χ3v) is 4.42. The van der Waals surface area contributed by atoms with Gasteiger partial charge in [-0.1, -0.05) is 24.6 Å². The van der Waals surface area contributed by atoms with E-state index in [0.717, 1.165) is 5.56 Å². The van der Waals surface area contributed by atoms with Crippen LogP contribution in [0.1, 0.15) is 42.7 Å². The van der Waals surface area contributed by atoms with Gasteiger partial charge in [-0.15, -0.1) is 0 Å². The van der Waals surface area contributed by atoms with Crippen molar-refractivity contribution >= 4 is 23.5 Å². The summed E-state index contributed by atoms with van der Waals surface area (Å²) in [6.45, 7) is 0. The number of rotatable bonds is 6. The number of nitrogens with zero attached hydrogens (tertiary/aromatic N) is 1. The summed E-state index contributed by atoms with van der Waals surface area (Å²) in [5.41, 5.74) is 2.71. The molecule has 130 valence electrons. The number of anilines is 2. The fourth-order valence-corrected chi connectivity index (χ4v) is 2.80. The van der Waals surface area contributed by atoms with Gasteiger partial charge in [-0.2, -0.15) is 0 Å². The van der Waals surface area contributed by atoms with Crippen molar-refractivity contribution in [1.29, 1.82) is 0 Å². The maximum absolute atomic E-state index is 12.1. The first kappa shape index (κ1) is 17.0. The number of pyridine rings is 1. The van der Waals surface area contributed by atoms with Gasteiger partial charge in [-0.3, -0.25) is 10.1 Å². The van der Waals surface area contributed by atoms with Gasteiger partial charge in [0.25, 0.3) is 0 Å². The van der Waals surface area contributed by atoms with Crippen molar-refractivity contribution < 1.29 is 14.7 Å². The Morgan fingerprint density at radius 1 is 1.16 bits per heavy atom. The molecule has 6 nitrogen and oxygen atoms in total. The number of carbonyl (C=O) groups is 2. The quantitative estimate of drug-likeness (QED) is 0.741. The lowest BCUT2D eigenvalue weighted by atomic mass is 9.81. The smallest absolute Gasteiger partial charge is 0.324 e. The summed E-state index contributed by atoms with van der Waals surface area (Å²) < 4.78 is 0. The summed E-state index contributed by atoms with van der Waals surface area (Å²) in [7, 11) is 0. The van der Waals surface area contributed by atoms with Gasteiger partial charge in [0.2, 0.25) is 0 Å². The molecule has 1 aliphatic rings. The molecule has 2 aromatic rings. The van der Waals surface area contributed by atoms with E-state index in [1.54, 1.807) is 18.2 Å². The molecule has 0 saturated heterocycles. The predicted octanol–water partition coefficient (Wildman–Crippen LogP) is 4.01. The molecule has 3 rings (SSSR count). The fourth-order valence-electron chi connectivity index (χ4n) is 2.80. The van der Waals surface area contributed by atoms with Gasteiger partial charge >= 0.3 is 12.0 Å². The number of aliphatic carboxylic acids is 1. The second-order valence-electron chi connectivity index (χ2n) is 6.28. The highest BCUT2D eigenvalue weighted by Gasteiger charge is 2.19. The Morgan fingerprint density at radius 3 is 2.64 bits per heavy atom. The third-order valence-electron chi connectivity index (χ3n) is 4.42. The number of hydrogen-bond donors (Lipinski definition) is 3. The summed E-state index contributed by atoms with van der Waals surface area (Å²) in [6, 6.07) is 10.6. The van der Waals surface area contributed by atoms with E-state index in [1.807, 2.05) is 24.4 Å². The molecule has 1 aromatic carbocycles. The van der Waals surface area contributed by atoms with Crippen molar-refractivity contribution in [3.63, 3.8) is 0 Å². The van der Waals surface area contributed by atoms with Crippen LogP contribution < -0.4 is 10.6 Å². The Labute approximate surface area is 146 Å². The number of carbonyl (C=O) groups excluding carboxylic acids is 1. The largest absolute Gasteiger partial charge is 0.481 e. The highest BCUT2D eigenvalue weighted by atomic mass is 16.4. The maximum Gasteiger partial charge on any atom is 0.324 e. The van der Waals surface area contributed by atoms with Gasteiger partial charge in [0.15, 0.2) is 0 Å². The molecule has 3 N–H and O–H groups in total. The van der Waals surface area contributed by atoms with Crippen LogP contribution in [0.4, 0.5) is 16.3 Å². The zero-order chi connectivity index (χ0) is 17.6. The first-order chi connectivity index (χ1) is 12.1. The molecule has 2 amide bonds. The molecule has 0 atom stereocenters. The van der Waals surface area contributed by atoms with Crippen LogP contribution in [-0.2, 0) is 11.2 Å². The molecule has 1 aromatic heterocycles. The number of aromatic nitrogens is 1. The Bertz CT molecular complexity index is 755. The van der Waals surface area contributed by atoms with E-state index >= 15 is 0 Å². The van der Waals surface area contributed by atoms with Crippen LogP contribution in [0.3, 0.4) is 0 Å². The van der Waals surface area contributed by atoms with Gasteiger partial charge in [0, 0.05) is 18.3 Å². The minimum atomic E-state index is -0.840. The molecule has 25 heavy (non-hydrogen) atoms. The van der Waals surface area contributed by atoms with Gasteiger partial charge in [0.05, 0.1) is 0 Å². The number of benzene rings is 1. The third kappa shape index (κ3) is 4.79. The molecule has 0 radical (unpaired) electrons. The molecule has 1 aliphatic carbocycles. The summed E-state index contributed by atoms with van der Waals surface area (Å²) in [5.74, 6) is 0.277. The summed E-state index contributed by atoms with van der Waals surface area (Å²) in [4.78, 5) is 27.0. The van der Waals surface area contributed by atoms with Crippen molar-refractivity contribution in [2.24, 2.45) is 0 Å². The molecule has 1 saturated carbocycles. The molecule has 0 spiro atoms. The second-order valence-corrected chi connectivity index (χ2v) is 6.28. The van der Waals surface area contributed by atoms with E-state index in [9.17, 15) is 9.59 Å². The maximum atomic E-state index is 12.1. The van der Waals surface area contributed by atoms with Gasteiger partial charge in [-0.05, 0) is 54.5 Å². The number of amides is 2. The molecule has 0 unspecified atom stereocenters. The van der Waals surface area contributed by atoms with Crippen LogP contribution >= 0.6 is 0 Å². The van der Waals surface area contributed by atoms with Crippen molar-refractivity contribution in [3.05, 3.63) is 53.7 Å². The number of carboxylic acids is 1. The minimum Gasteiger partial charge on any atom is -0.481 e. The molecule has 1 heterocycles. The Hall–Kier alpha value is -2.89. The number of hydrogen-bond acceptors (Lipinski definition) is 3. The molecule has 0 bridgehead atoms. The van der Waals surface area contributed by atoms with Crippen LogP contribution in [0.15, 0.2) is 42.6 Å². The molecule has 1 fully saturated rings. The summed E-state index contributed by atoms with van der Waals surface area (Å²) in [6.07, 6.45) is 6.02. The van der Waals surface area contributed by atoms with Crippen LogP contribution in [0.2, 0.25) is 0 Å². The van der Waals surface area contributed by atoms with Crippen molar-refractivity contribution in [3.8, 4) is 0 Å². The van der Waals surface area contributed by atoms with Crippen LogP contribution in [0, 0.1) is 0 Å². The van der Waals surface area contributed by atoms with Gasteiger partial charge < -0.3 is 10.4 Å². The normalized spacial score (nSPS) is 13.8. The van der Waals surface area contributed by atoms with Crippen LogP contribution in [-0.4, -0.2) is 22.1 Å². The topological polar surface area (TPSA) is 91.3 Å². The average molecular weight is 339 g/mol. The van der Waals surface area contributed by atoms with E-state index in [1.165, 1.54) is 24.8 Å². The Balaban J connectivity index is 1.55. The SMILES string of the molecule is O=C(O)CCc1cccc(NC(=O)Nc2ccc(C3CCC3)cn2)c1. The van der Waals surface area contributed by atoms with E-state index in [4.69, 9.17) is 5.11 Å². The Kier molecular flexibility index (Phi) is 5.28. The van der Waals surface area contributed by atoms with E-state index in [0.29, 0.717) is 23.8 Å². The summed E-state index contributed by atoms with van der Waals surface area (Å²) >= 11 is 0. The monoisotopic (exact) mass is 339 g/mol. The number of aryl methyl sites for hydroxylation is 1. The van der Waals surface area contributed by atoms with E-state index in [2.05, 4.69) is 15.6 Å². The zero-order valence-corrected chi connectivity index (χ0v) is 13.9. The summed E-state index contributed by atoms with van der Waals surface area (Å²) in [5, 5.41) is 14.2. The molecule has 0 aliphatic heterocycles. The van der Waals surface area contributed by atoms with Crippen molar-refractivity contribution in [2.75, 3.05) is 10.6 Å². The minimum absolute atomic E-state index is 0.0624. The fraction of sp³-hybridized carbons (Fsp3) is 0.316. The number of nitrogens with one attached hydrogen (secondary N) is 2. The molecule has 6 heteroatoms. The van der Waals surface area contributed by atoms with E-state index < -0.39 is 5.97 Å². The highest BCUT2D eigenvalue weighted by Crippen LogP contribution is 2.36. The number of carboxylic acid groups (broad SMARTS) is 1. The Morgan fingerprint density at radius 2 is 2.00 bits per heavy atom. The van der Waals surface area contributed by atoms with Crippen molar-refractivity contribution in [1.82, 2.24) is 4.98 Å². The predicted molar refractivity (Wildman–Crippen MR) is 95.9 cm³/mol. The van der Waals surface area contributed by atoms with Crippen LogP contribution in [0.25, 0.3) is 0 Å². The van der Waals surface area contributed by atoms with E-state index in [-0.39, 0.29) is 12.5 Å². The van der Waals surface area contributed by atoms with Gasteiger partial charge in [0.1, 0.15) is 5.82 Å². The first-order valence-corrected chi connectivity index (χ1v) is 8.45. The lowest BCUT2D eigenvalue weighted by Gasteiger charge is -2.25. The van der Waals surface area contributed by atoms with Crippen molar-refractivity contribution in [2.45, 2.75) is 38.0 Å². The lowest BCUT2D eigenvalue weighted by molar-refractivity contribution is -0.136. The lowest BCUT2D eigenvalue weighted by Crippen LogP contribution is -2.20. The highest BCUT2D eigenvalue weighted by molar-refractivity contribution is 5.99. The molecular formula is C19H21N3O3. The molecular weight excluding hydrogens is 318 g/mol. The standard InChI is InChI=1S/C19H21N3O3/c23-18(24)10-7-13-3-1-6-16(11-13)21-19(25)22-17-9-8-15(12-20-17)14-4-2-5-14/h1,3,6,8-9,11-12,14H,2,4-5,7,10H2,(H,23,24)(H2,20,21,22,25). The first-order valence-electron chi connectivity index (χ1n) is 8.45. The number of urea groups is 1. The van der Waals surface area contributed by atoms with Gasteiger partial charge in [-0.25, -0.2) is 9.78 Å².